The number of hydrogen-bond donors (Lipinski definition) is 2. The molecular weight excluding hydrogens is 321 g/mol. The van der Waals surface area contributed by atoms with Gasteiger partial charge in [0.25, 0.3) is 0 Å². The molecule has 0 unspecified atom stereocenters. The van der Waals surface area contributed by atoms with E-state index in [9.17, 15) is 22.8 Å². The molecule has 0 aliphatic rings. The van der Waals surface area contributed by atoms with Crippen molar-refractivity contribution in [3.05, 3.63) is 28.8 Å². The number of anilines is 1. The molecule has 4 nitrogen and oxygen atoms in total. The summed E-state index contributed by atoms with van der Waals surface area (Å²) in [7, 11) is 0. The van der Waals surface area contributed by atoms with E-state index in [1.54, 1.807) is 13.8 Å². The highest BCUT2D eigenvalue weighted by Crippen LogP contribution is 2.36. The normalized spacial score (nSPS) is 12.9. The number of hydrogen-bond acceptors (Lipinski definition) is 2. The molecule has 1 aromatic rings. The van der Waals surface area contributed by atoms with Crippen molar-refractivity contribution >= 4 is 29.1 Å². The Morgan fingerprint density at radius 2 is 1.82 bits per heavy atom. The minimum atomic E-state index is -4.62. The fourth-order valence-electron chi connectivity index (χ4n) is 1.79. The fraction of sp³-hybridized carbons (Fsp3) is 0.429. The van der Waals surface area contributed by atoms with Gasteiger partial charge in [0.1, 0.15) is 6.04 Å². The molecule has 1 rings (SSSR count). The number of carbonyl (C=O) groups excluding carboxylic acids is 2. The summed E-state index contributed by atoms with van der Waals surface area (Å²) >= 11 is 5.51. The summed E-state index contributed by atoms with van der Waals surface area (Å²) in [6.07, 6.45) is -4.62. The van der Waals surface area contributed by atoms with Crippen LogP contribution in [0.5, 0.6) is 0 Å². The third-order valence-electron chi connectivity index (χ3n) is 2.85. The lowest BCUT2D eigenvalue weighted by molar-refractivity contribution is -0.137. The van der Waals surface area contributed by atoms with Crippen LogP contribution in [0.1, 0.15) is 26.3 Å². The average Bonchev–Trinajstić information content (AvgIpc) is 2.36. The van der Waals surface area contributed by atoms with Gasteiger partial charge >= 0.3 is 6.18 Å². The highest BCUT2D eigenvalue weighted by molar-refractivity contribution is 6.31. The van der Waals surface area contributed by atoms with Gasteiger partial charge in [-0.15, -0.1) is 0 Å². The van der Waals surface area contributed by atoms with E-state index in [4.69, 9.17) is 11.6 Å². The van der Waals surface area contributed by atoms with Gasteiger partial charge in [0.2, 0.25) is 11.8 Å². The lowest BCUT2D eigenvalue weighted by Crippen LogP contribution is -2.46. The Hall–Kier alpha value is -1.76. The largest absolute Gasteiger partial charge is 0.417 e. The molecule has 1 aromatic carbocycles. The topological polar surface area (TPSA) is 58.2 Å². The van der Waals surface area contributed by atoms with E-state index < -0.39 is 34.6 Å². The first-order chi connectivity index (χ1) is 10.0. The molecule has 0 saturated heterocycles. The third-order valence-corrected chi connectivity index (χ3v) is 3.18. The maximum absolute atomic E-state index is 12.8. The summed E-state index contributed by atoms with van der Waals surface area (Å²) in [6, 6.07) is 2.23. The molecule has 0 radical (unpaired) electrons. The Morgan fingerprint density at radius 1 is 1.23 bits per heavy atom. The van der Waals surface area contributed by atoms with Crippen LogP contribution in [0.3, 0.4) is 0 Å². The van der Waals surface area contributed by atoms with Crippen molar-refractivity contribution in [3.63, 3.8) is 0 Å². The van der Waals surface area contributed by atoms with Crippen molar-refractivity contribution in [2.45, 2.75) is 33.0 Å². The summed E-state index contributed by atoms with van der Waals surface area (Å²) in [5.41, 5.74) is -1.08. The van der Waals surface area contributed by atoms with Crippen LogP contribution in [-0.4, -0.2) is 17.9 Å². The molecular formula is C14H16ClF3N2O2. The van der Waals surface area contributed by atoms with Crippen molar-refractivity contribution in [2.24, 2.45) is 5.92 Å². The predicted octanol–water partition coefficient (Wildman–Crippen LogP) is 3.46. The van der Waals surface area contributed by atoms with E-state index in [1.807, 2.05) is 0 Å². The number of carbonyl (C=O) groups is 2. The second kappa shape index (κ2) is 7.00. The van der Waals surface area contributed by atoms with E-state index in [1.165, 1.54) is 13.0 Å². The molecule has 1 atom stereocenters. The van der Waals surface area contributed by atoms with Crippen molar-refractivity contribution in [2.75, 3.05) is 5.32 Å². The molecule has 0 aliphatic heterocycles. The van der Waals surface area contributed by atoms with E-state index in [-0.39, 0.29) is 11.6 Å². The van der Waals surface area contributed by atoms with Crippen LogP contribution in [0.25, 0.3) is 0 Å². The molecule has 0 aromatic heterocycles. The lowest BCUT2D eigenvalue weighted by Gasteiger charge is -2.21. The van der Waals surface area contributed by atoms with Gasteiger partial charge in [-0.25, -0.2) is 0 Å². The van der Waals surface area contributed by atoms with Gasteiger partial charge in [-0.1, -0.05) is 25.4 Å². The van der Waals surface area contributed by atoms with E-state index in [0.29, 0.717) is 0 Å². The summed E-state index contributed by atoms with van der Waals surface area (Å²) in [5.74, 6) is -1.22. The zero-order chi connectivity index (χ0) is 17.1. The number of alkyl halides is 3. The zero-order valence-electron chi connectivity index (χ0n) is 12.2. The van der Waals surface area contributed by atoms with Gasteiger partial charge in [0, 0.05) is 12.6 Å². The Balaban J connectivity index is 2.99. The van der Waals surface area contributed by atoms with Gasteiger partial charge in [0.15, 0.2) is 0 Å². The highest BCUT2D eigenvalue weighted by Gasteiger charge is 2.33. The monoisotopic (exact) mass is 336 g/mol. The molecule has 0 saturated carbocycles. The van der Waals surface area contributed by atoms with E-state index in [0.717, 1.165) is 12.1 Å². The molecule has 0 heterocycles. The van der Waals surface area contributed by atoms with E-state index in [2.05, 4.69) is 10.6 Å². The lowest BCUT2D eigenvalue weighted by atomic mass is 10.0. The summed E-state index contributed by atoms with van der Waals surface area (Å²) in [4.78, 5) is 23.2. The van der Waals surface area contributed by atoms with Crippen LogP contribution in [0.15, 0.2) is 18.2 Å². The predicted molar refractivity (Wildman–Crippen MR) is 77.5 cm³/mol. The molecule has 0 bridgehead atoms. The molecule has 2 amide bonds. The standard InChI is InChI=1S/C14H16ClF3N2O2/c1-7(2)12(19-8(3)21)13(22)20-9-4-5-11(15)10(6-9)14(16,17)18/h4-7,12H,1-3H3,(H,19,21)(H,20,22)/t12-/m0/s1. The molecule has 0 spiro atoms. The summed E-state index contributed by atoms with van der Waals surface area (Å²) in [5, 5.41) is 4.36. The Bertz CT molecular complexity index is 574. The number of benzene rings is 1. The van der Waals surface area contributed by atoms with Crippen LogP contribution in [-0.2, 0) is 15.8 Å². The SMILES string of the molecule is CC(=O)N[C@H](C(=O)Nc1ccc(Cl)c(C(F)(F)F)c1)C(C)C. The first kappa shape index (κ1) is 18.3. The van der Waals surface area contributed by atoms with Crippen LogP contribution < -0.4 is 10.6 Å². The van der Waals surface area contributed by atoms with Crippen LogP contribution in [0, 0.1) is 5.92 Å². The molecule has 2 N–H and O–H groups in total. The van der Waals surface area contributed by atoms with E-state index >= 15 is 0 Å². The van der Waals surface area contributed by atoms with Gasteiger partial charge in [-0.2, -0.15) is 13.2 Å². The smallest absolute Gasteiger partial charge is 0.344 e. The number of amides is 2. The van der Waals surface area contributed by atoms with Gasteiger partial charge < -0.3 is 10.6 Å². The third kappa shape index (κ3) is 4.91. The second-order valence-electron chi connectivity index (χ2n) is 5.10. The van der Waals surface area contributed by atoms with Gasteiger partial charge in [-0.3, -0.25) is 9.59 Å². The second-order valence-corrected chi connectivity index (χ2v) is 5.51. The summed E-state index contributed by atoms with van der Waals surface area (Å²) in [6.45, 7) is 4.68. The quantitative estimate of drug-likeness (QED) is 0.884. The van der Waals surface area contributed by atoms with Gasteiger partial charge in [0.05, 0.1) is 10.6 Å². The van der Waals surface area contributed by atoms with Crippen molar-refractivity contribution in [1.82, 2.24) is 5.32 Å². The average molecular weight is 337 g/mol. The Morgan fingerprint density at radius 3 is 2.27 bits per heavy atom. The number of nitrogens with one attached hydrogen (secondary N) is 2. The molecule has 0 aliphatic carbocycles. The Kier molecular flexibility index (Phi) is 5.82. The van der Waals surface area contributed by atoms with Crippen LogP contribution in [0.4, 0.5) is 18.9 Å². The minimum absolute atomic E-state index is 0.0438. The highest BCUT2D eigenvalue weighted by atomic mass is 35.5. The Labute approximate surface area is 131 Å². The maximum Gasteiger partial charge on any atom is 0.417 e. The van der Waals surface area contributed by atoms with Crippen molar-refractivity contribution < 1.29 is 22.8 Å². The number of rotatable bonds is 4. The van der Waals surface area contributed by atoms with Gasteiger partial charge in [-0.05, 0) is 24.1 Å². The number of halogens is 4. The molecule has 122 valence electrons. The summed E-state index contributed by atoms with van der Waals surface area (Å²) < 4.78 is 38.3. The maximum atomic E-state index is 12.8. The fourth-order valence-corrected chi connectivity index (χ4v) is 2.02. The molecule has 0 fully saturated rings. The molecule has 8 heteroatoms. The first-order valence-electron chi connectivity index (χ1n) is 6.47. The van der Waals surface area contributed by atoms with Crippen molar-refractivity contribution in [3.8, 4) is 0 Å². The van der Waals surface area contributed by atoms with Crippen LogP contribution in [0.2, 0.25) is 5.02 Å². The minimum Gasteiger partial charge on any atom is -0.344 e. The van der Waals surface area contributed by atoms with Crippen LogP contribution >= 0.6 is 11.6 Å². The zero-order valence-corrected chi connectivity index (χ0v) is 13.0. The van der Waals surface area contributed by atoms with Crippen molar-refractivity contribution in [1.29, 1.82) is 0 Å². The first-order valence-corrected chi connectivity index (χ1v) is 6.85. The molecule has 22 heavy (non-hydrogen) atoms.